The Balaban J connectivity index is 2.70. The Labute approximate surface area is 102 Å². The molecule has 0 aliphatic rings. The third kappa shape index (κ3) is 4.35. The highest BCUT2D eigenvalue weighted by Crippen LogP contribution is 2.20. The first-order valence-corrected chi connectivity index (χ1v) is 5.45. The molecule has 6 heteroatoms. The smallest absolute Gasteiger partial charge is 0.339 e. The van der Waals surface area contributed by atoms with Gasteiger partial charge in [-0.3, -0.25) is 4.79 Å². The third-order valence-electron chi connectivity index (χ3n) is 2.43. The van der Waals surface area contributed by atoms with Gasteiger partial charge in [0, 0.05) is 18.7 Å². The van der Waals surface area contributed by atoms with Gasteiger partial charge in [-0.15, -0.1) is 0 Å². The average Bonchev–Trinajstić information content (AvgIpc) is 2.29. The second-order valence-corrected chi connectivity index (χ2v) is 3.76. The number of carbonyl (C=O) groups excluding carboxylic acids is 1. The molecule has 1 rings (SSSR count). The van der Waals surface area contributed by atoms with Crippen LogP contribution < -0.4 is 0 Å². The molecule has 0 aliphatic carbocycles. The minimum absolute atomic E-state index is 0.173. The van der Waals surface area contributed by atoms with Crippen LogP contribution in [-0.4, -0.2) is 30.1 Å². The van der Waals surface area contributed by atoms with Gasteiger partial charge in [0.2, 0.25) is 0 Å². The lowest BCUT2D eigenvalue weighted by molar-refractivity contribution is -0.136. The minimum atomic E-state index is -4.30. The second kappa shape index (κ2) is 5.84. The molecule has 0 aliphatic heterocycles. The first-order chi connectivity index (χ1) is 8.33. The van der Waals surface area contributed by atoms with Crippen LogP contribution in [-0.2, 0) is 0 Å². The van der Waals surface area contributed by atoms with E-state index in [4.69, 9.17) is 0 Å². The summed E-state index contributed by atoms with van der Waals surface area (Å²) in [6.45, 7) is 1.38. The molecule has 18 heavy (non-hydrogen) atoms. The summed E-state index contributed by atoms with van der Waals surface area (Å²) in [5.74, 6) is -1.02. The van der Waals surface area contributed by atoms with E-state index in [9.17, 15) is 22.4 Å². The quantitative estimate of drug-likeness (QED) is 0.764. The summed E-state index contributed by atoms with van der Waals surface area (Å²) < 4.78 is 48.9. The summed E-state index contributed by atoms with van der Waals surface area (Å²) in [6.07, 6.45) is -5.34. The van der Waals surface area contributed by atoms with Crippen molar-refractivity contribution in [1.82, 2.24) is 4.90 Å². The number of hydrogen-bond acceptors (Lipinski definition) is 1. The molecule has 0 saturated heterocycles. The maximum Gasteiger partial charge on any atom is 0.390 e. The predicted octanol–water partition coefficient (Wildman–Crippen LogP) is 3.24. The van der Waals surface area contributed by atoms with Crippen molar-refractivity contribution in [3.05, 3.63) is 35.6 Å². The van der Waals surface area contributed by atoms with Gasteiger partial charge in [-0.05, 0) is 31.2 Å². The maximum atomic E-state index is 12.7. The van der Waals surface area contributed by atoms with Crippen LogP contribution in [0.2, 0.25) is 0 Å². The molecule has 100 valence electrons. The van der Waals surface area contributed by atoms with Crippen molar-refractivity contribution < 1.29 is 22.4 Å². The average molecular weight is 263 g/mol. The molecule has 0 radical (unpaired) electrons. The molecular formula is C12H13F4NO. The number of hydrogen-bond donors (Lipinski definition) is 0. The fourth-order valence-corrected chi connectivity index (χ4v) is 1.44. The largest absolute Gasteiger partial charge is 0.390 e. The van der Waals surface area contributed by atoms with E-state index in [1.165, 1.54) is 12.1 Å². The Morgan fingerprint density at radius 2 is 1.78 bits per heavy atom. The van der Waals surface area contributed by atoms with Crippen LogP contribution in [0.4, 0.5) is 17.6 Å². The SMILES string of the molecule is CCN(CCC(F)(F)F)C(=O)c1ccc(F)cc1. The zero-order valence-electron chi connectivity index (χ0n) is 9.80. The Morgan fingerprint density at radius 3 is 2.22 bits per heavy atom. The molecule has 0 unspecified atom stereocenters. The van der Waals surface area contributed by atoms with E-state index in [-0.39, 0.29) is 12.1 Å². The van der Waals surface area contributed by atoms with Gasteiger partial charge >= 0.3 is 6.18 Å². The molecule has 1 aromatic rings. The number of nitrogens with zero attached hydrogens (tertiary/aromatic N) is 1. The molecule has 1 aromatic carbocycles. The summed E-state index contributed by atoms with van der Waals surface area (Å²) in [5, 5.41) is 0. The van der Waals surface area contributed by atoms with Crippen LogP contribution in [0.15, 0.2) is 24.3 Å². The summed E-state index contributed by atoms with van der Waals surface area (Å²) in [5.41, 5.74) is 0.181. The number of benzene rings is 1. The lowest BCUT2D eigenvalue weighted by Gasteiger charge is -2.21. The predicted molar refractivity (Wildman–Crippen MR) is 58.6 cm³/mol. The zero-order valence-corrected chi connectivity index (χ0v) is 9.80. The Hall–Kier alpha value is -1.59. The molecule has 0 fully saturated rings. The van der Waals surface area contributed by atoms with Crippen LogP contribution in [0, 0.1) is 5.82 Å². The van der Waals surface area contributed by atoms with Gasteiger partial charge in [-0.1, -0.05) is 0 Å². The van der Waals surface area contributed by atoms with Crippen LogP contribution in [0.3, 0.4) is 0 Å². The Morgan fingerprint density at radius 1 is 1.22 bits per heavy atom. The van der Waals surface area contributed by atoms with Crippen molar-refractivity contribution >= 4 is 5.91 Å². The topological polar surface area (TPSA) is 20.3 Å². The molecule has 2 nitrogen and oxygen atoms in total. The van der Waals surface area contributed by atoms with Crippen molar-refractivity contribution in [2.45, 2.75) is 19.5 Å². The molecule has 0 saturated carbocycles. The third-order valence-corrected chi connectivity index (χ3v) is 2.43. The van der Waals surface area contributed by atoms with Gasteiger partial charge in [0.05, 0.1) is 6.42 Å². The van der Waals surface area contributed by atoms with Crippen LogP contribution in [0.5, 0.6) is 0 Å². The van der Waals surface area contributed by atoms with E-state index in [1.54, 1.807) is 6.92 Å². The zero-order chi connectivity index (χ0) is 13.8. The number of alkyl halides is 3. The normalized spacial score (nSPS) is 11.4. The van der Waals surface area contributed by atoms with Crippen molar-refractivity contribution in [3.8, 4) is 0 Å². The fraction of sp³-hybridized carbons (Fsp3) is 0.417. The summed E-state index contributed by atoms with van der Waals surface area (Å²) in [4.78, 5) is 12.9. The van der Waals surface area contributed by atoms with E-state index in [0.717, 1.165) is 17.0 Å². The molecule has 0 atom stereocenters. The maximum absolute atomic E-state index is 12.7. The van der Waals surface area contributed by atoms with Gasteiger partial charge in [0.25, 0.3) is 5.91 Å². The van der Waals surface area contributed by atoms with Gasteiger partial charge in [-0.25, -0.2) is 4.39 Å². The van der Waals surface area contributed by atoms with Crippen molar-refractivity contribution in [2.75, 3.05) is 13.1 Å². The summed E-state index contributed by atoms with van der Waals surface area (Å²) in [7, 11) is 0. The van der Waals surface area contributed by atoms with Crippen LogP contribution >= 0.6 is 0 Å². The molecule has 0 N–H and O–H groups in total. The van der Waals surface area contributed by atoms with Gasteiger partial charge in [-0.2, -0.15) is 13.2 Å². The Kier molecular flexibility index (Phi) is 4.69. The fourth-order valence-electron chi connectivity index (χ4n) is 1.44. The molecule has 0 heterocycles. The lowest BCUT2D eigenvalue weighted by atomic mass is 10.2. The molecule has 0 bridgehead atoms. The van der Waals surface area contributed by atoms with E-state index >= 15 is 0 Å². The number of rotatable bonds is 4. The van der Waals surface area contributed by atoms with Crippen molar-refractivity contribution in [3.63, 3.8) is 0 Å². The molecule has 1 amide bonds. The van der Waals surface area contributed by atoms with Crippen LogP contribution in [0.25, 0.3) is 0 Å². The highest BCUT2D eigenvalue weighted by Gasteiger charge is 2.28. The van der Waals surface area contributed by atoms with Crippen molar-refractivity contribution in [1.29, 1.82) is 0 Å². The summed E-state index contributed by atoms with van der Waals surface area (Å²) in [6, 6.07) is 4.72. The first-order valence-electron chi connectivity index (χ1n) is 5.45. The Bertz CT molecular complexity index is 400. The molecule has 0 spiro atoms. The number of amides is 1. The van der Waals surface area contributed by atoms with Gasteiger partial charge in [0.1, 0.15) is 5.82 Å². The second-order valence-electron chi connectivity index (χ2n) is 3.76. The lowest BCUT2D eigenvalue weighted by Crippen LogP contribution is -2.34. The molecule has 0 aromatic heterocycles. The monoisotopic (exact) mass is 263 g/mol. The first kappa shape index (κ1) is 14.5. The van der Waals surface area contributed by atoms with Gasteiger partial charge in [0.15, 0.2) is 0 Å². The van der Waals surface area contributed by atoms with Crippen molar-refractivity contribution in [2.24, 2.45) is 0 Å². The number of halogens is 4. The van der Waals surface area contributed by atoms with E-state index < -0.39 is 30.9 Å². The summed E-state index contributed by atoms with van der Waals surface area (Å²) >= 11 is 0. The highest BCUT2D eigenvalue weighted by atomic mass is 19.4. The molecular weight excluding hydrogens is 250 g/mol. The minimum Gasteiger partial charge on any atom is -0.339 e. The van der Waals surface area contributed by atoms with E-state index in [2.05, 4.69) is 0 Å². The van der Waals surface area contributed by atoms with Gasteiger partial charge < -0.3 is 4.90 Å². The highest BCUT2D eigenvalue weighted by molar-refractivity contribution is 5.94. The van der Waals surface area contributed by atoms with E-state index in [1.807, 2.05) is 0 Å². The standard InChI is InChI=1S/C12H13F4NO/c1-2-17(8-7-12(14,15)16)11(18)9-3-5-10(13)6-4-9/h3-6H,2,7-8H2,1H3. The van der Waals surface area contributed by atoms with E-state index in [0.29, 0.717) is 0 Å². The number of carbonyl (C=O) groups is 1. The van der Waals surface area contributed by atoms with Crippen LogP contribution in [0.1, 0.15) is 23.7 Å².